The largest absolute Gasteiger partial charge is 0.508 e. The summed E-state index contributed by atoms with van der Waals surface area (Å²) in [6.45, 7) is 1.94. The molecule has 1 aromatic heterocycles. The van der Waals surface area contributed by atoms with Crippen molar-refractivity contribution in [2.45, 2.75) is 18.4 Å². The van der Waals surface area contributed by atoms with E-state index in [0.717, 1.165) is 22.4 Å². The van der Waals surface area contributed by atoms with Crippen LogP contribution in [0.2, 0.25) is 0 Å². The zero-order valence-corrected chi connectivity index (χ0v) is 15.7. The van der Waals surface area contributed by atoms with Crippen molar-refractivity contribution in [1.82, 2.24) is 10.2 Å². The number of aromatic amines is 1. The SMILES string of the molecule is CCc1cc(-c2[nH]nc(S)c2-c2ccc(NC)c(OC)c2)c(O)cc1O. The number of aromatic hydroxyl groups is 2. The van der Waals surface area contributed by atoms with Crippen molar-refractivity contribution in [3.63, 3.8) is 0 Å². The Kier molecular flexibility index (Phi) is 4.99. The first-order valence-electron chi connectivity index (χ1n) is 8.18. The lowest BCUT2D eigenvalue weighted by molar-refractivity contribution is 0.417. The number of methoxy groups -OCH3 is 1. The summed E-state index contributed by atoms with van der Waals surface area (Å²) in [5, 5.41) is 31.0. The second kappa shape index (κ2) is 7.21. The van der Waals surface area contributed by atoms with Gasteiger partial charge in [0.05, 0.1) is 18.5 Å². The zero-order valence-electron chi connectivity index (χ0n) is 14.8. The van der Waals surface area contributed by atoms with Crippen LogP contribution in [-0.4, -0.2) is 34.6 Å². The van der Waals surface area contributed by atoms with E-state index in [1.165, 1.54) is 6.07 Å². The smallest absolute Gasteiger partial charge is 0.142 e. The third-order valence-corrected chi connectivity index (χ3v) is 4.68. The standard InChI is InChI=1S/C19H21N3O3S/c1-4-10-7-12(15(24)9-14(10)23)18-17(19(26)22-21-18)11-5-6-13(20-2)16(8-11)25-3/h5-9,20,23-24H,4H2,1-3H3,(H2,21,22,26). The molecule has 6 nitrogen and oxygen atoms in total. The quantitative estimate of drug-likeness (QED) is 0.437. The van der Waals surface area contributed by atoms with Crippen molar-refractivity contribution >= 4 is 18.3 Å². The van der Waals surface area contributed by atoms with Crippen molar-refractivity contribution in [2.24, 2.45) is 0 Å². The molecular formula is C19H21N3O3S. The highest BCUT2D eigenvalue weighted by Crippen LogP contribution is 2.42. The fourth-order valence-corrected chi connectivity index (χ4v) is 3.25. The van der Waals surface area contributed by atoms with Gasteiger partial charge in [0.2, 0.25) is 0 Å². The van der Waals surface area contributed by atoms with Crippen molar-refractivity contribution in [3.05, 3.63) is 35.9 Å². The molecule has 2 aromatic carbocycles. The van der Waals surface area contributed by atoms with E-state index in [0.29, 0.717) is 28.5 Å². The second-order valence-electron chi connectivity index (χ2n) is 5.81. The van der Waals surface area contributed by atoms with Crippen LogP contribution in [0.1, 0.15) is 12.5 Å². The summed E-state index contributed by atoms with van der Waals surface area (Å²) >= 11 is 4.47. The van der Waals surface area contributed by atoms with Gasteiger partial charge in [-0.2, -0.15) is 5.10 Å². The Labute approximate surface area is 157 Å². The molecule has 0 aliphatic heterocycles. The lowest BCUT2D eigenvalue weighted by Gasteiger charge is -2.12. The van der Waals surface area contributed by atoms with Crippen LogP contribution < -0.4 is 10.1 Å². The predicted molar refractivity (Wildman–Crippen MR) is 106 cm³/mol. The molecule has 0 aliphatic carbocycles. The van der Waals surface area contributed by atoms with Crippen LogP contribution in [0.15, 0.2) is 35.4 Å². The van der Waals surface area contributed by atoms with E-state index in [1.54, 1.807) is 13.2 Å². The average Bonchev–Trinajstić information content (AvgIpc) is 3.02. The third-order valence-electron chi connectivity index (χ3n) is 4.35. The minimum atomic E-state index is -0.0308. The molecule has 0 bridgehead atoms. The summed E-state index contributed by atoms with van der Waals surface area (Å²) in [6, 6.07) is 8.83. The maximum absolute atomic E-state index is 10.4. The number of thiol groups is 1. The number of phenolic OH excluding ortho intramolecular Hbond substituents is 2. The van der Waals surface area contributed by atoms with E-state index in [1.807, 2.05) is 32.2 Å². The van der Waals surface area contributed by atoms with Gasteiger partial charge in [0.25, 0.3) is 0 Å². The molecule has 1 heterocycles. The normalized spacial score (nSPS) is 10.8. The van der Waals surface area contributed by atoms with E-state index in [2.05, 4.69) is 28.1 Å². The van der Waals surface area contributed by atoms with Gasteiger partial charge in [-0.05, 0) is 35.7 Å². The number of hydrogen-bond donors (Lipinski definition) is 5. The lowest BCUT2D eigenvalue weighted by atomic mass is 9.98. The number of phenols is 2. The zero-order chi connectivity index (χ0) is 18.8. The highest BCUT2D eigenvalue weighted by molar-refractivity contribution is 7.80. The monoisotopic (exact) mass is 371 g/mol. The average molecular weight is 371 g/mol. The number of rotatable bonds is 5. The van der Waals surface area contributed by atoms with E-state index in [9.17, 15) is 10.2 Å². The van der Waals surface area contributed by atoms with Gasteiger partial charge in [-0.3, -0.25) is 5.10 Å². The number of aryl methyl sites for hydroxylation is 1. The van der Waals surface area contributed by atoms with Gasteiger partial charge in [-0.15, -0.1) is 12.6 Å². The number of nitrogens with one attached hydrogen (secondary N) is 2. The van der Waals surface area contributed by atoms with E-state index in [4.69, 9.17) is 4.74 Å². The summed E-state index contributed by atoms with van der Waals surface area (Å²) in [7, 11) is 3.43. The van der Waals surface area contributed by atoms with Gasteiger partial charge in [0, 0.05) is 24.2 Å². The molecule has 0 aliphatic rings. The number of hydrogen-bond acceptors (Lipinski definition) is 6. The number of H-pyrrole nitrogens is 1. The van der Waals surface area contributed by atoms with Gasteiger partial charge in [0.1, 0.15) is 22.3 Å². The molecule has 0 atom stereocenters. The van der Waals surface area contributed by atoms with Gasteiger partial charge in [-0.1, -0.05) is 13.0 Å². The van der Waals surface area contributed by atoms with Gasteiger partial charge < -0.3 is 20.3 Å². The predicted octanol–water partition coefficient (Wildman–Crippen LogP) is 4.06. The first-order chi connectivity index (χ1) is 12.5. The van der Waals surface area contributed by atoms with Gasteiger partial charge in [-0.25, -0.2) is 0 Å². The minimum Gasteiger partial charge on any atom is -0.508 e. The van der Waals surface area contributed by atoms with Crippen LogP contribution in [0.25, 0.3) is 22.4 Å². The molecule has 0 saturated carbocycles. The Bertz CT molecular complexity index is 953. The van der Waals surface area contributed by atoms with E-state index < -0.39 is 0 Å². The first kappa shape index (κ1) is 18.0. The van der Waals surface area contributed by atoms with Gasteiger partial charge in [0.15, 0.2) is 0 Å². The highest BCUT2D eigenvalue weighted by Gasteiger charge is 2.20. The van der Waals surface area contributed by atoms with Crippen LogP contribution in [0.3, 0.4) is 0 Å². The molecule has 7 heteroatoms. The molecule has 3 rings (SSSR count). The summed E-state index contributed by atoms with van der Waals surface area (Å²) in [4.78, 5) is 0. The van der Waals surface area contributed by atoms with Gasteiger partial charge >= 0.3 is 0 Å². The maximum atomic E-state index is 10.4. The molecule has 26 heavy (non-hydrogen) atoms. The lowest BCUT2D eigenvalue weighted by Crippen LogP contribution is -1.94. The molecule has 3 aromatic rings. The van der Waals surface area contributed by atoms with E-state index in [-0.39, 0.29) is 11.5 Å². The minimum absolute atomic E-state index is 0.0308. The fraction of sp³-hybridized carbons (Fsp3) is 0.211. The van der Waals surface area contributed by atoms with Crippen molar-refractivity contribution < 1.29 is 14.9 Å². The number of anilines is 1. The number of benzene rings is 2. The number of aromatic nitrogens is 2. The first-order valence-corrected chi connectivity index (χ1v) is 8.63. The van der Waals surface area contributed by atoms with Crippen molar-refractivity contribution in [3.8, 4) is 39.6 Å². The highest BCUT2D eigenvalue weighted by atomic mass is 32.1. The van der Waals surface area contributed by atoms with Crippen molar-refractivity contribution in [2.75, 3.05) is 19.5 Å². The topological polar surface area (TPSA) is 90.4 Å². The molecule has 0 fully saturated rings. The number of ether oxygens (including phenoxy) is 1. The molecular weight excluding hydrogens is 350 g/mol. The van der Waals surface area contributed by atoms with E-state index >= 15 is 0 Å². The second-order valence-corrected chi connectivity index (χ2v) is 6.24. The summed E-state index contributed by atoms with van der Waals surface area (Å²) < 4.78 is 5.44. The molecule has 0 amide bonds. The number of nitrogens with zero attached hydrogens (tertiary/aromatic N) is 1. The Morgan fingerprint density at radius 1 is 1.19 bits per heavy atom. The third kappa shape index (κ3) is 3.06. The molecule has 0 saturated heterocycles. The molecule has 0 radical (unpaired) electrons. The maximum Gasteiger partial charge on any atom is 0.142 e. The summed E-state index contributed by atoms with van der Waals surface area (Å²) in [5.74, 6) is 0.728. The summed E-state index contributed by atoms with van der Waals surface area (Å²) in [6.07, 6.45) is 0.640. The molecule has 136 valence electrons. The molecule has 0 unspecified atom stereocenters. The fourth-order valence-electron chi connectivity index (χ4n) is 2.96. The van der Waals surface area contributed by atoms with Crippen LogP contribution in [-0.2, 0) is 6.42 Å². The Balaban J connectivity index is 2.20. The Hall–Kier alpha value is -2.80. The van der Waals surface area contributed by atoms with Crippen molar-refractivity contribution in [1.29, 1.82) is 0 Å². The van der Waals surface area contributed by atoms with Crippen LogP contribution in [0, 0.1) is 0 Å². The molecule has 4 N–H and O–H groups in total. The molecule has 0 spiro atoms. The Morgan fingerprint density at radius 3 is 2.62 bits per heavy atom. The summed E-state index contributed by atoms with van der Waals surface area (Å²) in [5.41, 5.74) is 4.38. The van der Waals surface area contributed by atoms with Crippen LogP contribution in [0.4, 0.5) is 5.69 Å². The van der Waals surface area contributed by atoms with Crippen LogP contribution >= 0.6 is 12.6 Å². The Morgan fingerprint density at radius 2 is 1.96 bits per heavy atom. The van der Waals surface area contributed by atoms with Crippen LogP contribution in [0.5, 0.6) is 17.2 Å².